The molecule has 0 amide bonds. The van der Waals surface area contributed by atoms with E-state index < -0.39 is 0 Å². The maximum Gasteiger partial charge on any atom is -0.0235 e. The van der Waals surface area contributed by atoms with E-state index in [9.17, 15) is 0 Å². The van der Waals surface area contributed by atoms with Crippen LogP contribution in [-0.4, -0.2) is 0 Å². The van der Waals surface area contributed by atoms with Crippen LogP contribution in [0.5, 0.6) is 0 Å². The molecule has 3 aliphatic rings. The zero-order valence-electron chi connectivity index (χ0n) is 7.64. The molecule has 0 bridgehead atoms. The molecule has 0 saturated heterocycles. The van der Waals surface area contributed by atoms with Crippen LogP contribution >= 0.6 is 0 Å². The highest BCUT2D eigenvalue weighted by atomic mass is 14.7. The lowest BCUT2D eigenvalue weighted by Gasteiger charge is -2.13. The first-order valence-corrected chi connectivity index (χ1v) is 5.24. The molecule has 3 aliphatic carbocycles. The lowest BCUT2D eigenvalue weighted by Crippen LogP contribution is -2.08. The molecule has 0 heterocycles. The average Bonchev–Trinajstić information content (AvgIpc) is 2.58. The van der Waals surface area contributed by atoms with Gasteiger partial charge in [0.15, 0.2) is 0 Å². The fourth-order valence-corrected chi connectivity index (χ4v) is 3.41. The van der Waals surface area contributed by atoms with Gasteiger partial charge in [0.2, 0.25) is 0 Å². The normalized spacial score (nSPS) is 57.3. The van der Waals surface area contributed by atoms with Crippen molar-refractivity contribution in [3.63, 3.8) is 0 Å². The van der Waals surface area contributed by atoms with E-state index in [0.717, 1.165) is 29.1 Å². The second kappa shape index (κ2) is 1.67. The molecule has 0 aliphatic heterocycles. The van der Waals surface area contributed by atoms with Crippen molar-refractivity contribution in [1.82, 2.24) is 0 Å². The quantitative estimate of drug-likeness (QED) is 0.567. The molecular formula is C11H18. The van der Waals surface area contributed by atoms with Gasteiger partial charge in [-0.3, -0.25) is 0 Å². The van der Waals surface area contributed by atoms with Gasteiger partial charge in [-0.25, -0.2) is 0 Å². The summed E-state index contributed by atoms with van der Waals surface area (Å²) in [5, 5.41) is 0. The zero-order chi connectivity index (χ0) is 7.64. The Morgan fingerprint density at radius 1 is 0.909 bits per heavy atom. The topological polar surface area (TPSA) is 0 Å². The average molecular weight is 150 g/mol. The van der Waals surface area contributed by atoms with Crippen LogP contribution < -0.4 is 0 Å². The Bertz CT molecular complexity index is 172. The lowest BCUT2D eigenvalue weighted by molar-refractivity contribution is 0.347. The third-order valence-corrected chi connectivity index (χ3v) is 4.52. The minimum Gasteiger partial charge on any atom is -0.0622 e. The Kier molecular flexibility index (Phi) is 0.990. The maximum absolute atomic E-state index is 2.44. The van der Waals surface area contributed by atoms with Crippen molar-refractivity contribution < 1.29 is 0 Å². The Morgan fingerprint density at radius 2 is 1.27 bits per heavy atom. The molecule has 0 nitrogen and oxygen atoms in total. The number of hydrogen-bond acceptors (Lipinski definition) is 0. The monoisotopic (exact) mass is 150 g/mol. The van der Waals surface area contributed by atoms with Crippen molar-refractivity contribution >= 4 is 0 Å². The van der Waals surface area contributed by atoms with Gasteiger partial charge in [0, 0.05) is 0 Å². The standard InChI is InChI=1S/C11H18/c1-7-5-9(7)11(3-4-11)10-6-8(10)2/h7-10H,3-6H2,1-2H3. The van der Waals surface area contributed by atoms with E-state index in [1.807, 2.05) is 0 Å². The summed E-state index contributed by atoms with van der Waals surface area (Å²) in [5.74, 6) is 4.51. The Hall–Kier alpha value is 0. The molecule has 3 rings (SSSR count). The van der Waals surface area contributed by atoms with E-state index in [2.05, 4.69) is 13.8 Å². The molecule has 4 unspecified atom stereocenters. The predicted octanol–water partition coefficient (Wildman–Crippen LogP) is 3.08. The highest BCUT2D eigenvalue weighted by molar-refractivity contribution is 5.14. The zero-order valence-corrected chi connectivity index (χ0v) is 7.64. The van der Waals surface area contributed by atoms with Gasteiger partial charge in [0.05, 0.1) is 0 Å². The van der Waals surface area contributed by atoms with E-state index in [1.165, 1.54) is 0 Å². The van der Waals surface area contributed by atoms with Crippen LogP contribution in [0.4, 0.5) is 0 Å². The van der Waals surface area contributed by atoms with E-state index in [1.54, 1.807) is 25.7 Å². The second-order valence-electron chi connectivity index (χ2n) is 5.37. The molecule has 0 N–H and O–H groups in total. The summed E-state index contributed by atoms with van der Waals surface area (Å²) in [7, 11) is 0. The molecule has 0 aromatic rings. The highest BCUT2D eigenvalue weighted by Gasteiger charge is 2.65. The molecule has 11 heavy (non-hydrogen) atoms. The maximum atomic E-state index is 2.44. The molecule has 0 aromatic carbocycles. The van der Waals surface area contributed by atoms with Crippen molar-refractivity contribution in [2.45, 2.75) is 39.5 Å². The van der Waals surface area contributed by atoms with Gasteiger partial charge in [0.1, 0.15) is 0 Å². The van der Waals surface area contributed by atoms with Gasteiger partial charge in [-0.1, -0.05) is 13.8 Å². The van der Waals surface area contributed by atoms with Gasteiger partial charge in [-0.15, -0.1) is 0 Å². The first-order valence-electron chi connectivity index (χ1n) is 5.24. The van der Waals surface area contributed by atoms with Crippen LogP contribution in [0.2, 0.25) is 0 Å². The number of rotatable bonds is 2. The summed E-state index contributed by atoms with van der Waals surface area (Å²) in [4.78, 5) is 0. The van der Waals surface area contributed by atoms with Gasteiger partial charge in [-0.2, -0.15) is 0 Å². The lowest BCUT2D eigenvalue weighted by atomic mass is 9.92. The fraction of sp³-hybridized carbons (Fsp3) is 1.00. The van der Waals surface area contributed by atoms with E-state index in [-0.39, 0.29) is 0 Å². The van der Waals surface area contributed by atoms with E-state index >= 15 is 0 Å². The molecule has 3 saturated carbocycles. The summed E-state index contributed by atoms with van der Waals surface area (Å²) in [6.07, 6.45) is 6.28. The van der Waals surface area contributed by atoms with Gasteiger partial charge >= 0.3 is 0 Å². The minimum absolute atomic E-state index is 0.916. The van der Waals surface area contributed by atoms with Crippen LogP contribution in [0.1, 0.15) is 39.5 Å². The molecule has 4 atom stereocenters. The molecule has 0 spiro atoms. The minimum atomic E-state index is 0.916. The Balaban J connectivity index is 1.75. The van der Waals surface area contributed by atoms with Gasteiger partial charge < -0.3 is 0 Å². The summed E-state index contributed by atoms with van der Waals surface area (Å²) in [6.45, 7) is 4.88. The predicted molar refractivity (Wildman–Crippen MR) is 46.2 cm³/mol. The van der Waals surface area contributed by atoms with E-state index in [4.69, 9.17) is 0 Å². The van der Waals surface area contributed by atoms with Crippen molar-refractivity contribution in [1.29, 1.82) is 0 Å². The summed E-state index contributed by atoms with van der Waals surface area (Å²) in [6, 6.07) is 0. The van der Waals surface area contributed by atoms with Crippen molar-refractivity contribution in [3.8, 4) is 0 Å². The molecular weight excluding hydrogens is 132 g/mol. The van der Waals surface area contributed by atoms with Crippen LogP contribution in [0.3, 0.4) is 0 Å². The number of hydrogen-bond donors (Lipinski definition) is 0. The van der Waals surface area contributed by atoms with Gasteiger partial charge in [0.25, 0.3) is 0 Å². The van der Waals surface area contributed by atoms with Crippen LogP contribution in [0.15, 0.2) is 0 Å². The van der Waals surface area contributed by atoms with Gasteiger partial charge in [-0.05, 0) is 54.8 Å². The molecule has 0 radical (unpaired) electrons. The summed E-state index contributed by atoms with van der Waals surface area (Å²) < 4.78 is 0. The SMILES string of the molecule is CC1CC1C1(C2CC2C)CC1. The molecule has 62 valence electrons. The fourth-order valence-electron chi connectivity index (χ4n) is 3.41. The molecule has 0 aromatic heterocycles. The second-order valence-corrected chi connectivity index (χ2v) is 5.37. The molecule has 3 fully saturated rings. The summed E-state index contributed by atoms with van der Waals surface area (Å²) in [5.41, 5.74) is 0.916. The highest BCUT2D eigenvalue weighted by Crippen LogP contribution is 2.74. The third kappa shape index (κ3) is 0.761. The molecule has 0 heteroatoms. The van der Waals surface area contributed by atoms with Crippen LogP contribution in [0, 0.1) is 29.1 Å². The van der Waals surface area contributed by atoms with Crippen molar-refractivity contribution in [3.05, 3.63) is 0 Å². The third-order valence-electron chi connectivity index (χ3n) is 4.52. The van der Waals surface area contributed by atoms with Crippen LogP contribution in [0.25, 0.3) is 0 Å². The Labute approximate surface area is 69.4 Å². The summed E-state index contributed by atoms with van der Waals surface area (Å²) >= 11 is 0. The smallest absolute Gasteiger partial charge is 0.0235 e. The van der Waals surface area contributed by atoms with E-state index in [0.29, 0.717) is 0 Å². The first-order chi connectivity index (χ1) is 5.24. The van der Waals surface area contributed by atoms with Crippen LogP contribution in [-0.2, 0) is 0 Å². The van der Waals surface area contributed by atoms with Crippen molar-refractivity contribution in [2.75, 3.05) is 0 Å². The first kappa shape index (κ1) is 6.51. The largest absolute Gasteiger partial charge is 0.0622 e. The van der Waals surface area contributed by atoms with Crippen molar-refractivity contribution in [2.24, 2.45) is 29.1 Å². The Morgan fingerprint density at radius 3 is 1.45 bits per heavy atom.